The number of nitrogens with zero attached hydrogens (tertiary/aromatic N) is 1. The number of carbonyl (C=O) groups excluding carboxylic acids is 1. The van der Waals surface area contributed by atoms with Crippen molar-refractivity contribution in [2.45, 2.75) is 6.61 Å². The Morgan fingerprint density at radius 2 is 1.72 bits per heavy atom. The average molecular weight is 386 g/mol. The molecule has 0 bridgehead atoms. The fraction of sp³-hybridized carbons (Fsp3) is 0.0833. The predicted molar refractivity (Wildman–Crippen MR) is 114 cm³/mol. The summed E-state index contributed by atoms with van der Waals surface area (Å²) < 4.78 is 11.2. The summed E-state index contributed by atoms with van der Waals surface area (Å²) in [4.78, 5) is 12.2. The molecular formula is C24H22N2O3. The molecule has 1 N–H and O–H groups in total. The molecule has 0 aliphatic rings. The molecule has 146 valence electrons. The smallest absolute Gasteiger partial charge is 0.271 e. The molecule has 0 aliphatic carbocycles. The first-order valence-electron chi connectivity index (χ1n) is 9.18. The van der Waals surface area contributed by atoms with Gasteiger partial charge >= 0.3 is 0 Å². The zero-order valence-electron chi connectivity index (χ0n) is 16.0. The molecule has 0 aromatic heterocycles. The van der Waals surface area contributed by atoms with Crippen LogP contribution in [-0.4, -0.2) is 18.7 Å². The lowest BCUT2D eigenvalue weighted by Crippen LogP contribution is -2.17. The molecule has 5 heteroatoms. The molecule has 0 heterocycles. The third-order valence-corrected chi connectivity index (χ3v) is 3.97. The zero-order chi connectivity index (χ0) is 20.3. The van der Waals surface area contributed by atoms with Crippen LogP contribution in [-0.2, 0) is 6.61 Å². The molecule has 0 aliphatic heterocycles. The molecule has 3 rings (SSSR count). The van der Waals surface area contributed by atoms with E-state index in [0.717, 1.165) is 16.9 Å². The number of nitrogens with one attached hydrogen (secondary N) is 1. The van der Waals surface area contributed by atoms with Crippen LogP contribution in [0.3, 0.4) is 0 Å². The second-order valence-corrected chi connectivity index (χ2v) is 6.17. The van der Waals surface area contributed by atoms with Crippen molar-refractivity contribution in [3.05, 3.63) is 108 Å². The molecule has 0 fully saturated rings. The van der Waals surface area contributed by atoms with Crippen LogP contribution in [0.1, 0.15) is 21.5 Å². The molecule has 29 heavy (non-hydrogen) atoms. The monoisotopic (exact) mass is 386 g/mol. The highest BCUT2D eigenvalue weighted by Gasteiger charge is 2.04. The summed E-state index contributed by atoms with van der Waals surface area (Å²) in [6.07, 6.45) is 3.24. The van der Waals surface area contributed by atoms with Gasteiger partial charge in [-0.3, -0.25) is 4.79 Å². The van der Waals surface area contributed by atoms with Crippen LogP contribution in [0.4, 0.5) is 0 Å². The summed E-state index contributed by atoms with van der Waals surface area (Å²) in [5.74, 6) is 1.12. The summed E-state index contributed by atoms with van der Waals surface area (Å²) in [5, 5.41) is 4.02. The quantitative estimate of drug-likeness (QED) is 0.332. The lowest BCUT2D eigenvalue weighted by atomic mass is 10.2. The number of benzene rings is 3. The largest absolute Gasteiger partial charge is 0.490 e. The minimum Gasteiger partial charge on any atom is -0.490 e. The van der Waals surface area contributed by atoms with Crippen LogP contribution < -0.4 is 14.9 Å². The number of hydrogen-bond acceptors (Lipinski definition) is 4. The van der Waals surface area contributed by atoms with E-state index in [4.69, 9.17) is 9.47 Å². The van der Waals surface area contributed by atoms with Crippen LogP contribution in [0.2, 0.25) is 0 Å². The maximum Gasteiger partial charge on any atom is 0.271 e. The third kappa shape index (κ3) is 6.36. The van der Waals surface area contributed by atoms with Gasteiger partial charge in [-0.15, -0.1) is 0 Å². The Labute approximate surface area is 170 Å². The van der Waals surface area contributed by atoms with Crippen molar-refractivity contribution in [1.29, 1.82) is 0 Å². The van der Waals surface area contributed by atoms with E-state index >= 15 is 0 Å². The molecule has 0 saturated heterocycles. The van der Waals surface area contributed by atoms with E-state index < -0.39 is 0 Å². The summed E-state index contributed by atoms with van der Waals surface area (Å²) in [5.41, 5.74) is 4.93. The molecule has 3 aromatic carbocycles. The standard InChI is InChI=1S/C24H22N2O3/c1-2-15-28-22-13-11-21(12-14-22)24(27)26-25-17-20-9-6-10-23(16-20)29-18-19-7-4-3-5-8-19/h2-14,16-17H,1,15,18H2,(H,26,27). The first-order chi connectivity index (χ1) is 14.2. The van der Waals surface area contributed by atoms with Crippen molar-refractivity contribution in [2.24, 2.45) is 5.10 Å². The first-order valence-corrected chi connectivity index (χ1v) is 9.18. The number of carbonyl (C=O) groups is 1. The molecule has 0 atom stereocenters. The lowest BCUT2D eigenvalue weighted by Gasteiger charge is -2.07. The topological polar surface area (TPSA) is 59.9 Å². The summed E-state index contributed by atoms with van der Waals surface area (Å²) in [6.45, 7) is 4.51. The molecular weight excluding hydrogens is 364 g/mol. The first kappa shape index (κ1) is 19.9. The van der Waals surface area contributed by atoms with E-state index in [0.29, 0.717) is 24.5 Å². The summed E-state index contributed by atoms with van der Waals surface area (Å²) >= 11 is 0. The van der Waals surface area contributed by atoms with E-state index in [9.17, 15) is 4.79 Å². The second kappa shape index (κ2) is 10.5. The van der Waals surface area contributed by atoms with Crippen LogP contribution in [0, 0.1) is 0 Å². The molecule has 0 unspecified atom stereocenters. The molecule has 0 saturated carbocycles. The Hall–Kier alpha value is -3.86. The van der Waals surface area contributed by atoms with Gasteiger partial charge in [0.15, 0.2) is 0 Å². The normalized spacial score (nSPS) is 10.5. The van der Waals surface area contributed by atoms with Gasteiger partial charge < -0.3 is 9.47 Å². The van der Waals surface area contributed by atoms with Gasteiger partial charge in [-0.25, -0.2) is 5.43 Å². The maximum atomic E-state index is 12.2. The number of amides is 1. The number of hydrogen-bond donors (Lipinski definition) is 1. The van der Waals surface area contributed by atoms with Crippen LogP contribution >= 0.6 is 0 Å². The Bertz CT molecular complexity index is 967. The van der Waals surface area contributed by atoms with E-state index in [-0.39, 0.29) is 5.91 Å². The second-order valence-electron chi connectivity index (χ2n) is 6.17. The Morgan fingerprint density at radius 3 is 2.48 bits per heavy atom. The minimum absolute atomic E-state index is 0.298. The van der Waals surface area contributed by atoms with E-state index in [1.54, 1.807) is 36.6 Å². The Kier molecular flexibility index (Phi) is 7.18. The van der Waals surface area contributed by atoms with Crippen molar-refractivity contribution >= 4 is 12.1 Å². The van der Waals surface area contributed by atoms with Gasteiger partial charge in [0, 0.05) is 5.56 Å². The van der Waals surface area contributed by atoms with E-state index in [1.165, 1.54) is 0 Å². The summed E-state index contributed by atoms with van der Waals surface area (Å²) in [6, 6.07) is 24.3. The Morgan fingerprint density at radius 1 is 0.931 bits per heavy atom. The number of hydrazone groups is 1. The van der Waals surface area contributed by atoms with Crippen LogP contribution in [0.5, 0.6) is 11.5 Å². The molecule has 5 nitrogen and oxygen atoms in total. The van der Waals surface area contributed by atoms with Crippen molar-refractivity contribution in [3.63, 3.8) is 0 Å². The highest BCUT2D eigenvalue weighted by molar-refractivity contribution is 5.95. The lowest BCUT2D eigenvalue weighted by molar-refractivity contribution is 0.0955. The third-order valence-electron chi connectivity index (χ3n) is 3.97. The van der Waals surface area contributed by atoms with Crippen molar-refractivity contribution in [1.82, 2.24) is 5.43 Å². The number of ether oxygens (including phenoxy) is 2. The molecule has 0 spiro atoms. The van der Waals surface area contributed by atoms with Crippen LogP contribution in [0.15, 0.2) is 96.6 Å². The maximum absolute atomic E-state index is 12.2. The van der Waals surface area contributed by atoms with Crippen molar-refractivity contribution in [3.8, 4) is 11.5 Å². The molecule has 0 radical (unpaired) electrons. The Balaban J connectivity index is 1.53. The van der Waals surface area contributed by atoms with Gasteiger partial charge in [0.1, 0.15) is 24.7 Å². The van der Waals surface area contributed by atoms with Crippen molar-refractivity contribution in [2.75, 3.05) is 6.61 Å². The van der Waals surface area contributed by atoms with E-state index in [1.807, 2.05) is 54.6 Å². The highest BCUT2D eigenvalue weighted by atomic mass is 16.5. The SMILES string of the molecule is C=CCOc1ccc(C(=O)NN=Cc2cccc(OCc3ccccc3)c2)cc1. The van der Waals surface area contributed by atoms with Gasteiger partial charge in [0.25, 0.3) is 5.91 Å². The van der Waals surface area contributed by atoms with Gasteiger partial charge in [-0.2, -0.15) is 5.10 Å². The van der Waals surface area contributed by atoms with Gasteiger partial charge in [0.05, 0.1) is 6.21 Å². The van der Waals surface area contributed by atoms with Crippen molar-refractivity contribution < 1.29 is 14.3 Å². The number of rotatable bonds is 9. The van der Waals surface area contributed by atoms with Gasteiger partial charge in [-0.1, -0.05) is 55.1 Å². The fourth-order valence-electron chi connectivity index (χ4n) is 2.51. The zero-order valence-corrected chi connectivity index (χ0v) is 16.0. The van der Waals surface area contributed by atoms with Gasteiger partial charge in [0.2, 0.25) is 0 Å². The molecule has 1 amide bonds. The van der Waals surface area contributed by atoms with Gasteiger partial charge in [-0.05, 0) is 47.5 Å². The molecule has 3 aromatic rings. The highest BCUT2D eigenvalue weighted by Crippen LogP contribution is 2.14. The summed E-state index contributed by atoms with van der Waals surface area (Å²) in [7, 11) is 0. The fourth-order valence-corrected chi connectivity index (χ4v) is 2.51. The van der Waals surface area contributed by atoms with Crippen LogP contribution in [0.25, 0.3) is 0 Å². The average Bonchev–Trinajstić information content (AvgIpc) is 2.77. The minimum atomic E-state index is -0.298. The predicted octanol–water partition coefficient (Wildman–Crippen LogP) is 4.59. The van der Waals surface area contributed by atoms with E-state index in [2.05, 4.69) is 17.1 Å².